The lowest BCUT2D eigenvalue weighted by atomic mass is 9.93. The van der Waals surface area contributed by atoms with E-state index in [1.807, 2.05) is 7.05 Å². The molecule has 1 aliphatic rings. The van der Waals surface area contributed by atoms with Crippen LogP contribution in [0.3, 0.4) is 0 Å². The van der Waals surface area contributed by atoms with E-state index in [0.29, 0.717) is 11.5 Å². The molecule has 1 unspecified atom stereocenters. The van der Waals surface area contributed by atoms with Crippen molar-refractivity contribution in [1.29, 1.82) is 0 Å². The molecular weight excluding hydrogens is 176 g/mol. The number of aliphatic hydroxyl groups excluding tert-OH is 1. The molecule has 3 heteroatoms. The quantitative estimate of drug-likeness (QED) is 0.685. The van der Waals surface area contributed by atoms with E-state index in [1.54, 1.807) is 0 Å². The highest BCUT2D eigenvalue weighted by atomic mass is 16.3. The van der Waals surface area contributed by atoms with Crippen LogP contribution in [-0.2, 0) is 0 Å². The Morgan fingerprint density at radius 3 is 2.64 bits per heavy atom. The Balaban J connectivity index is 2.30. The highest BCUT2D eigenvalue weighted by molar-refractivity contribution is 4.84. The van der Waals surface area contributed by atoms with E-state index >= 15 is 0 Å². The highest BCUT2D eigenvalue weighted by Crippen LogP contribution is 2.28. The normalized spacial score (nSPS) is 24.0. The predicted octanol–water partition coefficient (Wildman–Crippen LogP) is 0.689. The molecule has 1 aliphatic heterocycles. The number of nitrogens with one attached hydrogen (secondary N) is 1. The maximum Gasteiger partial charge on any atom is 0.0446 e. The average Bonchev–Trinajstić information content (AvgIpc) is 2.45. The highest BCUT2D eigenvalue weighted by Gasteiger charge is 2.29. The summed E-state index contributed by atoms with van der Waals surface area (Å²) in [6.07, 6.45) is 2.15. The molecule has 2 N–H and O–H groups in total. The van der Waals surface area contributed by atoms with Gasteiger partial charge in [0.15, 0.2) is 0 Å². The summed E-state index contributed by atoms with van der Waals surface area (Å²) in [5.41, 5.74) is 0.484. The Kier molecular flexibility index (Phi) is 4.35. The molecular formula is C11H24N2O. The maximum atomic E-state index is 8.89. The van der Waals surface area contributed by atoms with Crippen LogP contribution in [0.5, 0.6) is 0 Å². The van der Waals surface area contributed by atoms with Gasteiger partial charge >= 0.3 is 0 Å². The number of likely N-dealkylation sites (N-methyl/N-ethyl adjacent to an activating group) is 1. The van der Waals surface area contributed by atoms with Gasteiger partial charge in [0.25, 0.3) is 0 Å². The van der Waals surface area contributed by atoms with E-state index in [0.717, 1.165) is 13.0 Å². The van der Waals surface area contributed by atoms with Crippen LogP contribution in [0.2, 0.25) is 0 Å². The standard InChI is InChI=1S/C11H24N2O/c1-11(2)5-6-13(9-11)8-10(12-3)4-7-14/h10,12,14H,4-9H2,1-3H3. The van der Waals surface area contributed by atoms with Crippen molar-refractivity contribution in [2.75, 3.05) is 33.3 Å². The second-order valence-electron chi connectivity index (χ2n) is 5.15. The summed E-state index contributed by atoms with van der Waals surface area (Å²) in [6, 6.07) is 0.439. The Morgan fingerprint density at radius 1 is 1.50 bits per heavy atom. The molecule has 1 saturated heterocycles. The van der Waals surface area contributed by atoms with E-state index < -0.39 is 0 Å². The number of likely N-dealkylation sites (tertiary alicyclic amines) is 1. The van der Waals surface area contributed by atoms with Gasteiger partial charge in [-0.3, -0.25) is 0 Å². The first-order valence-electron chi connectivity index (χ1n) is 5.58. The van der Waals surface area contributed by atoms with Crippen LogP contribution in [0.4, 0.5) is 0 Å². The van der Waals surface area contributed by atoms with Gasteiger partial charge in [0, 0.05) is 25.7 Å². The van der Waals surface area contributed by atoms with E-state index in [2.05, 4.69) is 24.1 Å². The van der Waals surface area contributed by atoms with Crippen LogP contribution in [0.15, 0.2) is 0 Å². The molecule has 1 atom stereocenters. The maximum absolute atomic E-state index is 8.89. The molecule has 0 amide bonds. The third kappa shape index (κ3) is 3.56. The number of nitrogens with zero attached hydrogens (tertiary/aromatic N) is 1. The Labute approximate surface area is 87.5 Å². The predicted molar refractivity (Wildman–Crippen MR) is 59.4 cm³/mol. The van der Waals surface area contributed by atoms with Gasteiger partial charge in [-0.2, -0.15) is 0 Å². The zero-order valence-corrected chi connectivity index (χ0v) is 9.71. The van der Waals surface area contributed by atoms with Gasteiger partial charge in [-0.1, -0.05) is 13.8 Å². The molecule has 0 spiro atoms. The van der Waals surface area contributed by atoms with Crippen molar-refractivity contribution < 1.29 is 5.11 Å². The fourth-order valence-electron chi connectivity index (χ4n) is 2.17. The summed E-state index contributed by atoms with van der Waals surface area (Å²) in [7, 11) is 1.97. The molecule has 0 aromatic carbocycles. The summed E-state index contributed by atoms with van der Waals surface area (Å²) < 4.78 is 0. The summed E-state index contributed by atoms with van der Waals surface area (Å²) in [6.45, 7) is 8.40. The topological polar surface area (TPSA) is 35.5 Å². The van der Waals surface area contributed by atoms with Crippen LogP contribution in [0.25, 0.3) is 0 Å². The molecule has 1 heterocycles. The van der Waals surface area contributed by atoms with Crippen molar-refractivity contribution in [3.63, 3.8) is 0 Å². The van der Waals surface area contributed by atoms with E-state index in [4.69, 9.17) is 5.11 Å². The molecule has 0 radical (unpaired) electrons. The van der Waals surface area contributed by atoms with E-state index in [9.17, 15) is 0 Å². The minimum atomic E-state index is 0.280. The van der Waals surface area contributed by atoms with Gasteiger partial charge in [0.05, 0.1) is 0 Å². The number of hydrogen-bond donors (Lipinski definition) is 2. The van der Waals surface area contributed by atoms with Gasteiger partial charge in [-0.25, -0.2) is 0 Å². The molecule has 3 nitrogen and oxygen atoms in total. The second-order valence-corrected chi connectivity index (χ2v) is 5.15. The Hall–Kier alpha value is -0.120. The zero-order valence-electron chi connectivity index (χ0n) is 9.71. The van der Waals surface area contributed by atoms with Crippen molar-refractivity contribution >= 4 is 0 Å². The number of aliphatic hydroxyl groups is 1. The van der Waals surface area contributed by atoms with Gasteiger partial charge in [-0.05, 0) is 31.8 Å². The number of rotatable bonds is 5. The lowest BCUT2D eigenvalue weighted by molar-refractivity contribution is 0.223. The van der Waals surface area contributed by atoms with Gasteiger partial charge in [-0.15, -0.1) is 0 Å². The average molecular weight is 200 g/mol. The van der Waals surface area contributed by atoms with Crippen molar-refractivity contribution in [3.05, 3.63) is 0 Å². The van der Waals surface area contributed by atoms with Crippen molar-refractivity contribution in [3.8, 4) is 0 Å². The van der Waals surface area contributed by atoms with E-state index in [1.165, 1.54) is 19.5 Å². The fraction of sp³-hybridized carbons (Fsp3) is 1.00. The van der Waals surface area contributed by atoms with Crippen LogP contribution in [0, 0.1) is 5.41 Å². The largest absolute Gasteiger partial charge is 0.396 e. The van der Waals surface area contributed by atoms with Gasteiger partial charge in [0.2, 0.25) is 0 Å². The summed E-state index contributed by atoms with van der Waals surface area (Å²) in [4.78, 5) is 2.50. The first-order valence-corrected chi connectivity index (χ1v) is 5.58. The molecule has 0 aromatic rings. The third-order valence-electron chi connectivity index (χ3n) is 3.12. The molecule has 0 aliphatic carbocycles. The summed E-state index contributed by atoms with van der Waals surface area (Å²) in [5, 5.41) is 12.1. The Morgan fingerprint density at radius 2 is 2.21 bits per heavy atom. The number of hydrogen-bond acceptors (Lipinski definition) is 3. The molecule has 0 aromatic heterocycles. The SMILES string of the molecule is CNC(CCO)CN1CCC(C)(C)C1. The van der Waals surface area contributed by atoms with Crippen LogP contribution in [0.1, 0.15) is 26.7 Å². The van der Waals surface area contributed by atoms with Gasteiger partial charge in [0.1, 0.15) is 0 Å². The minimum Gasteiger partial charge on any atom is -0.396 e. The minimum absolute atomic E-state index is 0.280. The summed E-state index contributed by atoms with van der Waals surface area (Å²) >= 11 is 0. The summed E-state index contributed by atoms with van der Waals surface area (Å²) in [5.74, 6) is 0. The first kappa shape index (κ1) is 12.0. The van der Waals surface area contributed by atoms with Crippen molar-refractivity contribution in [2.24, 2.45) is 5.41 Å². The molecule has 0 bridgehead atoms. The lowest BCUT2D eigenvalue weighted by Gasteiger charge is -2.24. The fourth-order valence-corrected chi connectivity index (χ4v) is 2.17. The van der Waals surface area contributed by atoms with Crippen molar-refractivity contribution in [2.45, 2.75) is 32.7 Å². The molecule has 84 valence electrons. The smallest absolute Gasteiger partial charge is 0.0446 e. The molecule has 0 saturated carbocycles. The van der Waals surface area contributed by atoms with Crippen LogP contribution in [-0.4, -0.2) is 49.3 Å². The molecule has 14 heavy (non-hydrogen) atoms. The molecule has 1 rings (SSSR count). The second kappa shape index (κ2) is 5.10. The van der Waals surface area contributed by atoms with Crippen LogP contribution >= 0.6 is 0 Å². The van der Waals surface area contributed by atoms with Gasteiger partial charge < -0.3 is 15.3 Å². The Bertz CT molecular complexity index is 171. The third-order valence-corrected chi connectivity index (χ3v) is 3.12. The van der Waals surface area contributed by atoms with E-state index in [-0.39, 0.29) is 6.61 Å². The molecule has 1 fully saturated rings. The zero-order chi connectivity index (χ0) is 10.6. The first-order chi connectivity index (χ1) is 6.57. The monoisotopic (exact) mass is 200 g/mol. The van der Waals surface area contributed by atoms with Crippen molar-refractivity contribution in [1.82, 2.24) is 10.2 Å². The lowest BCUT2D eigenvalue weighted by Crippen LogP contribution is -2.39. The van der Waals surface area contributed by atoms with Crippen LogP contribution < -0.4 is 5.32 Å².